The van der Waals surface area contributed by atoms with Crippen LogP contribution in [0.1, 0.15) is 44.2 Å². The molecule has 6 nitrogen and oxygen atoms in total. The molecule has 4 saturated carbocycles. The van der Waals surface area contributed by atoms with E-state index in [0.717, 1.165) is 47.6 Å². The molecular weight excluding hydrogens is 386 g/mol. The fraction of sp³-hybridized carbons (Fsp3) is 0.545. The van der Waals surface area contributed by atoms with Crippen LogP contribution in [-0.4, -0.2) is 34.0 Å². The van der Waals surface area contributed by atoms with Crippen LogP contribution in [0, 0.1) is 17.8 Å². The number of hydrogen-bond acceptors (Lipinski definition) is 6. The van der Waals surface area contributed by atoms with Crippen molar-refractivity contribution in [2.24, 2.45) is 17.8 Å². The van der Waals surface area contributed by atoms with Gasteiger partial charge in [0.1, 0.15) is 5.01 Å². The number of nitrogens with zero attached hydrogens (tertiary/aromatic N) is 2. The summed E-state index contributed by atoms with van der Waals surface area (Å²) < 4.78 is 5.24. The summed E-state index contributed by atoms with van der Waals surface area (Å²) in [6.45, 7) is -0.208. The Labute approximate surface area is 174 Å². The van der Waals surface area contributed by atoms with Gasteiger partial charge in [0.25, 0.3) is 5.91 Å². The smallest absolute Gasteiger partial charge is 0.312 e. The van der Waals surface area contributed by atoms with Gasteiger partial charge in [-0.15, -0.1) is 11.3 Å². The number of aromatic nitrogens is 2. The van der Waals surface area contributed by atoms with Gasteiger partial charge in [-0.1, -0.05) is 0 Å². The Balaban J connectivity index is 1.12. The molecule has 2 heterocycles. The molecule has 4 aliphatic rings. The quantitative estimate of drug-likeness (QED) is 0.737. The number of amides is 1. The van der Waals surface area contributed by atoms with Crippen molar-refractivity contribution < 1.29 is 14.3 Å². The van der Waals surface area contributed by atoms with Gasteiger partial charge in [0.2, 0.25) is 0 Å². The van der Waals surface area contributed by atoms with Crippen LogP contribution in [0.25, 0.3) is 10.6 Å². The SMILES string of the molecule is O=C(COC(=O)Cc1csc(-c2cccnc2)n1)NC12CC3CC(CC(C3)C1)C2. The molecule has 4 fully saturated rings. The maximum absolute atomic E-state index is 12.5. The normalized spacial score (nSPS) is 29.6. The van der Waals surface area contributed by atoms with E-state index in [9.17, 15) is 9.59 Å². The number of thiazole rings is 1. The second-order valence-corrected chi connectivity index (χ2v) is 9.83. The van der Waals surface area contributed by atoms with Crippen LogP contribution in [0.4, 0.5) is 0 Å². The first-order valence-corrected chi connectivity index (χ1v) is 11.3. The van der Waals surface area contributed by atoms with Gasteiger partial charge >= 0.3 is 5.97 Å². The predicted octanol–water partition coefficient (Wildman–Crippen LogP) is 3.38. The van der Waals surface area contributed by atoms with Gasteiger partial charge in [0, 0.05) is 28.9 Å². The molecule has 0 aromatic carbocycles. The van der Waals surface area contributed by atoms with Crippen molar-refractivity contribution in [3.8, 4) is 10.6 Å². The van der Waals surface area contributed by atoms with E-state index < -0.39 is 5.97 Å². The molecule has 0 atom stereocenters. The highest BCUT2D eigenvalue weighted by atomic mass is 32.1. The molecule has 7 heteroatoms. The Bertz CT molecular complexity index is 876. The monoisotopic (exact) mass is 411 g/mol. The van der Waals surface area contributed by atoms with Crippen LogP contribution in [0.2, 0.25) is 0 Å². The Hall–Kier alpha value is -2.28. The molecule has 1 amide bonds. The summed E-state index contributed by atoms with van der Waals surface area (Å²) in [5, 5.41) is 5.90. The lowest BCUT2D eigenvalue weighted by molar-refractivity contribution is -0.149. The first-order valence-electron chi connectivity index (χ1n) is 10.4. The van der Waals surface area contributed by atoms with Gasteiger partial charge in [0.15, 0.2) is 6.61 Å². The van der Waals surface area contributed by atoms with Crippen molar-refractivity contribution in [1.82, 2.24) is 15.3 Å². The zero-order valence-corrected chi connectivity index (χ0v) is 17.1. The number of esters is 1. The summed E-state index contributed by atoms with van der Waals surface area (Å²) in [6, 6.07) is 3.79. The van der Waals surface area contributed by atoms with Gasteiger partial charge in [0.05, 0.1) is 12.1 Å². The van der Waals surface area contributed by atoms with Crippen LogP contribution in [-0.2, 0) is 20.7 Å². The van der Waals surface area contributed by atoms with E-state index in [1.807, 2.05) is 17.5 Å². The van der Waals surface area contributed by atoms with E-state index in [1.54, 1.807) is 12.4 Å². The highest BCUT2D eigenvalue weighted by Crippen LogP contribution is 2.55. The van der Waals surface area contributed by atoms with E-state index in [2.05, 4.69) is 15.3 Å². The van der Waals surface area contributed by atoms with E-state index in [4.69, 9.17) is 4.74 Å². The third-order valence-corrected chi connectivity index (χ3v) is 7.53. The summed E-state index contributed by atoms with van der Waals surface area (Å²) in [4.78, 5) is 33.2. The molecule has 29 heavy (non-hydrogen) atoms. The van der Waals surface area contributed by atoms with Crippen molar-refractivity contribution >= 4 is 23.2 Å². The zero-order valence-electron chi connectivity index (χ0n) is 16.3. The lowest BCUT2D eigenvalue weighted by Crippen LogP contribution is -2.60. The van der Waals surface area contributed by atoms with E-state index in [-0.39, 0.29) is 24.5 Å². The number of carbonyl (C=O) groups excluding carboxylic acids is 2. The maximum Gasteiger partial charge on any atom is 0.312 e. The first-order chi connectivity index (χ1) is 14.1. The molecule has 4 bridgehead atoms. The standard InChI is InChI=1S/C22H25N3O3S/c26-19(25-22-8-14-4-15(9-22)6-16(5-14)10-22)12-28-20(27)7-18-13-29-21(24-18)17-2-1-3-23-11-17/h1-3,11,13-16H,4-10,12H2,(H,25,26). The number of nitrogens with one attached hydrogen (secondary N) is 1. The highest BCUT2D eigenvalue weighted by Gasteiger charge is 2.51. The van der Waals surface area contributed by atoms with Gasteiger partial charge in [-0.2, -0.15) is 0 Å². The van der Waals surface area contributed by atoms with Gasteiger partial charge < -0.3 is 10.1 Å². The van der Waals surface area contributed by atoms with Crippen molar-refractivity contribution in [2.45, 2.75) is 50.5 Å². The molecule has 2 aromatic rings. The summed E-state index contributed by atoms with van der Waals surface area (Å²) in [7, 11) is 0. The Morgan fingerprint density at radius 1 is 1.17 bits per heavy atom. The molecule has 2 aromatic heterocycles. The average Bonchev–Trinajstić information content (AvgIpc) is 3.14. The summed E-state index contributed by atoms with van der Waals surface area (Å²) >= 11 is 1.47. The molecule has 0 saturated heterocycles. The lowest BCUT2D eigenvalue weighted by atomic mass is 9.53. The third-order valence-electron chi connectivity index (χ3n) is 6.59. The second kappa shape index (κ2) is 7.52. The zero-order chi connectivity index (χ0) is 19.8. The predicted molar refractivity (Wildman–Crippen MR) is 109 cm³/mol. The molecule has 4 aliphatic carbocycles. The first kappa shape index (κ1) is 18.7. The minimum absolute atomic E-state index is 0.0498. The summed E-state index contributed by atoms with van der Waals surface area (Å²) in [5.41, 5.74) is 1.53. The number of pyridine rings is 1. The molecule has 6 rings (SSSR count). The molecule has 0 radical (unpaired) electrons. The molecule has 0 unspecified atom stereocenters. The minimum Gasteiger partial charge on any atom is -0.455 e. The molecule has 0 aliphatic heterocycles. The third kappa shape index (κ3) is 4.06. The molecule has 0 spiro atoms. The van der Waals surface area contributed by atoms with Crippen LogP contribution >= 0.6 is 11.3 Å². The largest absolute Gasteiger partial charge is 0.455 e. The van der Waals surface area contributed by atoms with Gasteiger partial charge in [-0.05, 0) is 68.4 Å². The van der Waals surface area contributed by atoms with Crippen LogP contribution in [0.5, 0.6) is 0 Å². The van der Waals surface area contributed by atoms with Crippen molar-refractivity contribution in [3.05, 3.63) is 35.6 Å². The van der Waals surface area contributed by atoms with E-state index in [0.29, 0.717) is 5.69 Å². The van der Waals surface area contributed by atoms with E-state index >= 15 is 0 Å². The molecule has 152 valence electrons. The number of carbonyl (C=O) groups is 2. The van der Waals surface area contributed by atoms with Crippen LogP contribution < -0.4 is 5.32 Å². The number of hydrogen-bond donors (Lipinski definition) is 1. The molecular formula is C22H25N3O3S. The van der Waals surface area contributed by atoms with Gasteiger partial charge in [-0.3, -0.25) is 14.6 Å². The number of ether oxygens (including phenoxy) is 1. The van der Waals surface area contributed by atoms with Crippen LogP contribution in [0.3, 0.4) is 0 Å². The average molecular weight is 412 g/mol. The minimum atomic E-state index is -0.423. The van der Waals surface area contributed by atoms with Crippen LogP contribution in [0.15, 0.2) is 29.9 Å². The van der Waals surface area contributed by atoms with Crippen molar-refractivity contribution in [1.29, 1.82) is 0 Å². The Kier molecular flexibility index (Phi) is 4.86. The fourth-order valence-electron chi connectivity index (χ4n) is 5.95. The maximum atomic E-state index is 12.5. The molecule has 1 N–H and O–H groups in total. The van der Waals surface area contributed by atoms with E-state index in [1.165, 1.54) is 30.6 Å². The Morgan fingerprint density at radius 3 is 2.55 bits per heavy atom. The Morgan fingerprint density at radius 2 is 1.90 bits per heavy atom. The number of rotatable bonds is 6. The highest BCUT2D eigenvalue weighted by molar-refractivity contribution is 7.13. The summed E-state index contributed by atoms with van der Waals surface area (Å²) in [6.07, 6.45) is 10.8. The van der Waals surface area contributed by atoms with Crippen molar-refractivity contribution in [3.63, 3.8) is 0 Å². The topological polar surface area (TPSA) is 81.2 Å². The second-order valence-electron chi connectivity index (χ2n) is 8.97. The lowest BCUT2D eigenvalue weighted by Gasteiger charge is -2.56. The van der Waals surface area contributed by atoms with Crippen molar-refractivity contribution in [2.75, 3.05) is 6.61 Å². The fourth-order valence-corrected chi connectivity index (χ4v) is 6.76. The van der Waals surface area contributed by atoms with Gasteiger partial charge in [-0.25, -0.2) is 4.98 Å². The summed E-state index contributed by atoms with van der Waals surface area (Å²) in [5.74, 6) is 1.71.